The van der Waals surface area contributed by atoms with E-state index in [0.29, 0.717) is 23.8 Å². The van der Waals surface area contributed by atoms with Crippen molar-refractivity contribution in [3.8, 4) is 0 Å². The maximum atomic E-state index is 12.4. The highest BCUT2D eigenvalue weighted by atomic mass is 16.5. The van der Waals surface area contributed by atoms with Crippen LogP contribution >= 0.6 is 0 Å². The second-order valence-electron chi connectivity index (χ2n) is 4.93. The lowest BCUT2D eigenvalue weighted by Gasteiger charge is -2.26. The van der Waals surface area contributed by atoms with E-state index in [-0.39, 0.29) is 5.91 Å². The van der Waals surface area contributed by atoms with Crippen LogP contribution < -0.4 is 0 Å². The molecule has 0 N–H and O–H groups in total. The van der Waals surface area contributed by atoms with Crippen molar-refractivity contribution < 1.29 is 9.32 Å². The Balaban J connectivity index is 2.03. The van der Waals surface area contributed by atoms with E-state index in [1.165, 1.54) is 0 Å². The van der Waals surface area contributed by atoms with Crippen molar-refractivity contribution in [2.45, 2.75) is 39.7 Å². The minimum atomic E-state index is 0.0627. The Kier molecular flexibility index (Phi) is 4.58. The molecule has 1 aliphatic heterocycles. The third-order valence-corrected chi connectivity index (χ3v) is 3.98. The van der Waals surface area contributed by atoms with E-state index < -0.39 is 0 Å². The first-order valence-corrected chi connectivity index (χ1v) is 7.18. The summed E-state index contributed by atoms with van der Waals surface area (Å²) in [5.41, 5.74) is 0.627. The summed E-state index contributed by atoms with van der Waals surface area (Å²) in [7, 11) is 0. The van der Waals surface area contributed by atoms with Gasteiger partial charge in [-0.25, -0.2) is 0 Å². The van der Waals surface area contributed by atoms with Gasteiger partial charge in [0.1, 0.15) is 11.3 Å². The molecule has 0 unspecified atom stereocenters. The molecule has 1 fully saturated rings. The molecule has 5 heteroatoms. The van der Waals surface area contributed by atoms with Crippen LogP contribution in [0.2, 0.25) is 0 Å². The van der Waals surface area contributed by atoms with Crippen molar-refractivity contribution in [2.75, 3.05) is 26.2 Å². The zero-order chi connectivity index (χ0) is 13.8. The number of likely N-dealkylation sites (tertiary alicyclic amines) is 1. The molecule has 1 aromatic heterocycles. The summed E-state index contributed by atoms with van der Waals surface area (Å²) < 4.78 is 5.10. The smallest absolute Gasteiger partial charge is 0.259 e. The van der Waals surface area contributed by atoms with Gasteiger partial charge in [-0.1, -0.05) is 25.9 Å². The summed E-state index contributed by atoms with van der Waals surface area (Å²) in [6.07, 6.45) is 3.31. The molecule has 0 radical (unpaired) electrons. The van der Waals surface area contributed by atoms with Crippen LogP contribution in [0.5, 0.6) is 0 Å². The fraction of sp³-hybridized carbons (Fsp3) is 0.714. The third-order valence-electron chi connectivity index (χ3n) is 3.98. The maximum Gasteiger partial charge on any atom is 0.259 e. The topological polar surface area (TPSA) is 49.6 Å². The SMILES string of the molecule is CCc1oncc1C(=O)N1CC[C@H](N(CC)CC)C1. The molecule has 0 bridgehead atoms. The summed E-state index contributed by atoms with van der Waals surface area (Å²) in [5, 5.41) is 3.74. The number of hydrogen-bond acceptors (Lipinski definition) is 4. The lowest BCUT2D eigenvalue weighted by atomic mass is 10.2. The number of carbonyl (C=O) groups is 1. The van der Waals surface area contributed by atoms with Crippen LogP contribution in [-0.4, -0.2) is 53.1 Å². The molecular formula is C14H23N3O2. The average Bonchev–Trinajstić information content (AvgIpc) is 3.08. The van der Waals surface area contributed by atoms with Crippen LogP contribution in [0.3, 0.4) is 0 Å². The highest BCUT2D eigenvalue weighted by Gasteiger charge is 2.31. The molecule has 1 amide bonds. The predicted octanol–water partition coefficient (Wildman–Crippen LogP) is 1.79. The zero-order valence-corrected chi connectivity index (χ0v) is 12.1. The van der Waals surface area contributed by atoms with E-state index in [2.05, 4.69) is 23.9 Å². The van der Waals surface area contributed by atoms with Gasteiger partial charge in [0.05, 0.1) is 6.20 Å². The average molecular weight is 265 g/mol. The van der Waals surface area contributed by atoms with Crippen LogP contribution in [0, 0.1) is 0 Å². The van der Waals surface area contributed by atoms with E-state index in [1.54, 1.807) is 6.20 Å². The molecule has 0 saturated carbocycles. The van der Waals surface area contributed by atoms with E-state index in [9.17, 15) is 4.79 Å². The zero-order valence-electron chi connectivity index (χ0n) is 12.1. The van der Waals surface area contributed by atoms with E-state index in [1.807, 2.05) is 11.8 Å². The molecule has 106 valence electrons. The van der Waals surface area contributed by atoms with Crippen LogP contribution in [0.25, 0.3) is 0 Å². The number of amides is 1. The minimum Gasteiger partial charge on any atom is -0.361 e. The van der Waals surface area contributed by atoms with Gasteiger partial charge >= 0.3 is 0 Å². The van der Waals surface area contributed by atoms with Crippen LogP contribution in [-0.2, 0) is 6.42 Å². The van der Waals surface area contributed by atoms with Crippen molar-refractivity contribution in [1.29, 1.82) is 0 Å². The van der Waals surface area contributed by atoms with Crippen molar-refractivity contribution >= 4 is 5.91 Å². The van der Waals surface area contributed by atoms with Crippen molar-refractivity contribution in [3.05, 3.63) is 17.5 Å². The van der Waals surface area contributed by atoms with Crippen LogP contribution in [0.15, 0.2) is 10.7 Å². The van der Waals surface area contributed by atoms with Gasteiger partial charge in [0, 0.05) is 25.6 Å². The summed E-state index contributed by atoms with van der Waals surface area (Å²) in [4.78, 5) is 16.8. The Morgan fingerprint density at radius 1 is 1.47 bits per heavy atom. The van der Waals surface area contributed by atoms with E-state index in [0.717, 1.165) is 32.6 Å². The lowest BCUT2D eigenvalue weighted by Crippen LogP contribution is -2.38. The Morgan fingerprint density at radius 2 is 2.21 bits per heavy atom. The van der Waals surface area contributed by atoms with Crippen molar-refractivity contribution in [2.24, 2.45) is 0 Å². The highest BCUT2D eigenvalue weighted by Crippen LogP contribution is 2.19. The number of rotatable bonds is 5. The largest absolute Gasteiger partial charge is 0.361 e. The van der Waals surface area contributed by atoms with E-state index >= 15 is 0 Å². The number of aromatic nitrogens is 1. The first-order valence-electron chi connectivity index (χ1n) is 7.18. The molecule has 1 atom stereocenters. The summed E-state index contributed by atoms with van der Waals surface area (Å²) in [6, 6.07) is 0.490. The highest BCUT2D eigenvalue weighted by molar-refractivity contribution is 5.95. The lowest BCUT2D eigenvalue weighted by molar-refractivity contribution is 0.0775. The van der Waals surface area contributed by atoms with Gasteiger partial charge in [-0.3, -0.25) is 9.69 Å². The van der Waals surface area contributed by atoms with Gasteiger partial charge in [-0.15, -0.1) is 0 Å². The van der Waals surface area contributed by atoms with Crippen LogP contribution in [0.4, 0.5) is 0 Å². The summed E-state index contributed by atoms with van der Waals surface area (Å²) in [5.74, 6) is 0.754. The number of nitrogens with zero attached hydrogens (tertiary/aromatic N) is 3. The first-order chi connectivity index (χ1) is 9.21. The maximum absolute atomic E-state index is 12.4. The predicted molar refractivity (Wildman–Crippen MR) is 73.1 cm³/mol. The monoisotopic (exact) mass is 265 g/mol. The van der Waals surface area contributed by atoms with Gasteiger partial charge in [-0.05, 0) is 19.5 Å². The van der Waals surface area contributed by atoms with Gasteiger partial charge in [0.25, 0.3) is 5.91 Å². The van der Waals surface area contributed by atoms with Crippen molar-refractivity contribution in [1.82, 2.24) is 15.0 Å². The molecule has 19 heavy (non-hydrogen) atoms. The number of aryl methyl sites for hydroxylation is 1. The fourth-order valence-electron chi connectivity index (χ4n) is 2.83. The van der Waals surface area contributed by atoms with Gasteiger partial charge in [0.2, 0.25) is 0 Å². The molecular weight excluding hydrogens is 242 g/mol. The van der Waals surface area contributed by atoms with Gasteiger partial charge in [-0.2, -0.15) is 0 Å². The minimum absolute atomic E-state index is 0.0627. The Labute approximate surface area is 114 Å². The molecule has 0 spiro atoms. The number of carbonyl (C=O) groups excluding carboxylic acids is 1. The van der Waals surface area contributed by atoms with E-state index in [4.69, 9.17) is 4.52 Å². The second kappa shape index (κ2) is 6.19. The van der Waals surface area contributed by atoms with Crippen LogP contribution in [0.1, 0.15) is 43.3 Å². The van der Waals surface area contributed by atoms with Gasteiger partial charge < -0.3 is 9.42 Å². The summed E-state index contributed by atoms with van der Waals surface area (Å²) >= 11 is 0. The third kappa shape index (κ3) is 2.81. The molecule has 0 aliphatic carbocycles. The molecule has 2 rings (SSSR count). The Bertz CT molecular complexity index is 426. The fourth-order valence-corrected chi connectivity index (χ4v) is 2.83. The number of likely N-dealkylation sites (N-methyl/N-ethyl adjacent to an activating group) is 1. The number of hydrogen-bond donors (Lipinski definition) is 0. The van der Waals surface area contributed by atoms with Gasteiger partial charge in [0.15, 0.2) is 0 Å². The summed E-state index contributed by atoms with van der Waals surface area (Å²) in [6.45, 7) is 10.0. The molecule has 5 nitrogen and oxygen atoms in total. The normalized spacial score (nSPS) is 19.4. The molecule has 2 heterocycles. The molecule has 1 aliphatic rings. The quantitative estimate of drug-likeness (QED) is 0.814. The van der Waals surface area contributed by atoms with Crippen molar-refractivity contribution in [3.63, 3.8) is 0 Å². The molecule has 1 saturated heterocycles. The molecule has 1 aromatic rings. The Hall–Kier alpha value is -1.36. The second-order valence-corrected chi connectivity index (χ2v) is 4.93. The standard InChI is InChI=1S/C14H23N3O2/c1-4-13-12(9-15-19-13)14(18)17-8-7-11(10-17)16(5-2)6-3/h9,11H,4-8,10H2,1-3H3/t11-/m0/s1. The Morgan fingerprint density at radius 3 is 2.84 bits per heavy atom. The first kappa shape index (κ1) is 14.1. The molecule has 0 aromatic carbocycles.